The van der Waals surface area contributed by atoms with Crippen LogP contribution in [0.5, 0.6) is 5.75 Å². The van der Waals surface area contributed by atoms with Crippen LogP contribution < -0.4 is 10.1 Å². The molecule has 0 saturated heterocycles. The van der Waals surface area contributed by atoms with E-state index in [1.54, 1.807) is 0 Å². The van der Waals surface area contributed by atoms with E-state index in [4.69, 9.17) is 4.74 Å². The molecule has 0 atom stereocenters. The highest BCUT2D eigenvalue weighted by Gasteiger charge is 1.99. The van der Waals surface area contributed by atoms with Gasteiger partial charge in [0, 0.05) is 11.0 Å². The Hall–Kier alpha value is -1.06. The van der Waals surface area contributed by atoms with Crippen LogP contribution >= 0.6 is 15.9 Å². The number of nitrogens with one attached hydrogen (secondary N) is 1. The van der Waals surface area contributed by atoms with Crippen LogP contribution in [0.3, 0.4) is 0 Å². The van der Waals surface area contributed by atoms with Crippen LogP contribution in [0.15, 0.2) is 40.9 Å². The second-order valence-corrected chi connectivity index (χ2v) is 6.35. The van der Waals surface area contributed by atoms with Gasteiger partial charge in [0.25, 0.3) is 0 Å². The van der Waals surface area contributed by atoms with Crippen LogP contribution in [-0.4, -0.2) is 19.7 Å². The Morgan fingerprint density at radius 2 is 1.80 bits per heavy atom. The van der Waals surface area contributed by atoms with Crippen LogP contribution in [0.25, 0.3) is 10.8 Å². The SMILES string of the molecule is CC(C)CCNCCOc1ccc2cc(Br)ccc2c1. The Morgan fingerprint density at radius 3 is 2.60 bits per heavy atom. The first-order chi connectivity index (χ1) is 9.65. The van der Waals surface area contributed by atoms with Crippen molar-refractivity contribution in [1.29, 1.82) is 0 Å². The van der Waals surface area contributed by atoms with Crippen molar-refractivity contribution in [1.82, 2.24) is 5.32 Å². The summed E-state index contributed by atoms with van der Waals surface area (Å²) < 4.78 is 6.88. The number of ether oxygens (including phenoxy) is 1. The monoisotopic (exact) mass is 335 g/mol. The Balaban J connectivity index is 1.80. The molecule has 0 unspecified atom stereocenters. The van der Waals surface area contributed by atoms with E-state index in [9.17, 15) is 0 Å². The van der Waals surface area contributed by atoms with Crippen LogP contribution in [0.1, 0.15) is 20.3 Å². The molecule has 2 aromatic rings. The van der Waals surface area contributed by atoms with Crippen LogP contribution in [-0.2, 0) is 0 Å². The number of hydrogen-bond acceptors (Lipinski definition) is 2. The molecule has 0 aliphatic carbocycles. The van der Waals surface area contributed by atoms with Crippen molar-refractivity contribution in [2.45, 2.75) is 20.3 Å². The Bertz CT molecular complexity index is 554. The van der Waals surface area contributed by atoms with Crippen LogP contribution in [0, 0.1) is 5.92 Å². The van der Waals surface area contributed by atoms with Gasteiger partial charge in [0.05, 0.1) is 0 Å². The standard InChI is InChI=1S/C17H22BrNO/c1-13(2)7-8-19-9-10-20-17-6-4-14-11-16(18)5-3-15(14)12-17/h3-6,11-13,19H,7-10H2,1-2H3. The number of hydrogen-bond donors (Lipinski definition) is 1. The van der Waals surface area contributed by atoms with E-state index in [1.807, 2.05) is 6.07 Å². The maximum Gasteiger partial charge on any atom is 0.120 e. The average Bonchev–Trinajstić information content (AvgIpc) is 2.42. The fraction of sp³-hybridized carbons (Fsp3) is 0.412. The predicted octanol–water partition coefficient (Wildman–Crippen LogP) is 4.62. The number of halogens is 1. The zero-order valence-corrected chi connectivity index (χ0v) is 13.7. The molecule has 2 nitrogen and oxygen atoms in total. The molecule has 2 aromatic carbocycles. The van der Waals surface area contributed by atoms with Crippen molar-refractivity contribution in [3.63, 3.8) is 0 Å². The van der Waals surface area contributed by atoms with E-state index in [0.717, 1.165) is 29.2 Å². The van der Waals surface area contributed by atoms with Crippen molar-refractivity contribution in [3.05, 3.63) is 40.9 Å². The lowest BCUT2D eigenvalue weighted by atomic mass is 10.1. The molecule has 0 fully saturated rings. The summed E-state index contributed by atoms with van der Waals surface area (Å²) in [6.07, 6.45) is 1.21. The van der Waals surface area contributed by atoms with E-state index in [2.05, 4.69) is 65.4 Å². The largest absolute Gasteiger partial charge is 0.492 e. The van der Waals surface area contributed by atoms with Gasteiger partial charge < -0.3 is 10.1 Å². The molecule has 1 N–H and O–H groups in total. The van der Waals surface area contributed by atoms with Gasteiger partial charge in [-0.15, -0.1) is 0 Å². The van der Waals surface area contributed by atoms with Gasteiger partial charge in [-0.25, -0.2) is 0 Å². The highest BCUT2D eigenvalue weighted by molar-refractivity contribution is 9.10. The van der Waals surface area contributed by atoms with Gasteiger partial charge in [-0.3, -0.25) is 0 Å². The van der Waals surface area contributed by atoms with Crippen LogP contribution in [0.4, 0.5) is 0 Å². The molecule has 0 amide bonds. The van der Waals surface area contributed by atoms with Crippen molar-refractivity contribution >= 4 is 26.7 Å². The highest BCUT2D eigenvalue weighted by atomic mass is 79.9. The third-order valence-electron chi connectivity index (χ3n) is 3.22. The first-order valence-electron chi connectivity index (χ1n) is 7.18. The first-order valence-corrected chi connectivity index (χ1v) is 7.97. The maximum atomic E-state index is 5.78. The van der Waals surface area contributed by atoms with Crippen molar-refractivity contribution in [2.75, 3.05) is 19.7 Å². The van der Waals surface area contributed by atoms with Gasteiger partial charge in [-0.1, -0.05) is 41.9 Å². The molecule has 0 spiro atoms. The van der Waals surface area contributed by atoms with E-state index in [-0.39, 0.29) is 0 Å². The van der Waals surface area contributed by atoms with E-state index in [0.29, 0.717) is 6.61 Å². The molecule has 0 bridgehead atoms. The first kappa shape index (κ1) is 15.3. The molecule has 108 valence electrons. The highest BCUT2D eigenvalue weighted by Crippen LogP contribution is 2.23. The number of fused-ring (bicyclic) bond motifs is 1. The lowest BCUT2D eigenvalue weighted by Crippen LogP contribution is -2.22. The minimum Gasteiger partial charge on any atom is -0.492 e. The second-order valence-electron chi connectivity index (χ2n) is 5.43. The normalized spacial score (nSPS) is 11.2. The molecule has 20 heavy (non-hydrogen) atoms. The minimum absolute atomic E-state index is 0.708. The fourth-order valence-electron chi connectivity index (χ4n) is 2.04. The lowest BCUT2D eigenvalue weighted by molar-refractivity contribution is 0.313. The minimum atomic E-state index is 0.708. The molecule has 0 aliphatic heterocycles. The molecule has 2 rings (SSSR count). The molecule has 0 aromatic heterocycles. The van der Waals surface area contributed by atoms with Gasteiger partial charge >= 0.3 is 0 Å². The summed E-state index contributed by atoms with van der Waals surface area (Å²) in [5, 5.41) is 5.83. The van der Waals surface area contributed by atoms with E-state index >= 15 is 0 Å². The van der Waals surface area contributed by atoms with E-state index in [1.165, 1.54) is 17.2 Å². The number of benzene rings is 2. The summed E-state index contributed by atoms with van der Waals surface area (Å²) in [5.74, 6) is 1.69. The second kappa shape index (κ2) is 7.65. The maximum absolute atomic E-state index is 5.78. The molecule has 3 heteroatoms. The third-order valence-corrected chi connectivity index (χ3v) is 3.71. The third kappa shape index (κ3) is 4.80. The Morgan fingerprint density at radius 1 is 1.05 bits per heavy atom. The van der Waals surface area contributed by atoms with Crippen molar-refractivity contribution < 1.29 is 4.74 Å². The van der Waals surface area contributed by atoms with Crippen molar-refractivity contribution in [2.24, 2.45) is 5.92 Å². The smallest absolute Gasteiger partial charge is 0.120 e. The molecule has 0 saturated carbocycles. The zero-order valence-electron chi connectivity index (χ0n) is 12.2. The van der Waals surface area contributed by atoms with Gasteiger partial charge in [-0.2, -0.15) is 0 Å². The van der Waals surface area contributed by atoms with Crippen LogP contribution in [0.2, 0.25) is 0 Å². The van der Waals surface area contributed by atoms with Gasteiger partial charge in [0.15, 0.2) is 0 Å². The number of rotatable bonds is 7. The summed E-state index contributed by atoms with van der Waals surface area (Å²) in [4.78, 5) is 0. The quantitative estimate of drug-likeness (QED) is 0.745. The molecular formula is C17H22BrNO. The summed E-state index contributed by atoms with van der Waals surface area (Å²) in [5.41, 5.74) is 0. The summed E-state index contributed by atoms with van der Waals surface area (Å²) in [6, 6.07) is 12.5. The zero-order chi connectivity index (χ0) is 14.4. The van der Waals surface area contributed by atoms with Crippen molar-refractivity contribution in [3.8, 4) is 5.75 Å². The van der Waals surface area contributed by atoms with Gasteiger partial charge in [-0.05, 0) is 53.9 Å². The molecule has 0 heterocycles. The van der Waals surface area contributed by atoms with E-state index < -0.39 is 0 Å². The summed E-state index contributed by atoms with van der Waals surface area (Å²) in [6.45, 7) is 7.15. The Labute approximate surface area is 129 Å². The molecular weight excluding hydrogens is 314 g/mol. The van der Waals surface area contributed by atoms with Gasteiger partial charge in [0.1, 0.15) is 12.4 Å². The molecule has 0 aliphatic rings. The van der Waals surface area contributed by atoms with Gasteiger partial charge in [0.2, 0.25) is 0 Å². The average molecular weight is 336 g/mol. The Kier molecular flexibility index (Phi) is 5.86. The predicted molar refractivity (Wildman–Crippen MR) is 89.5 cm³/mol. The lowest BCUT2D eigenvalue weighted by Gasteiger charge is -2.09. The summed E-state index contributed by atoms with van der Waals surface area (Å²) in [7, 11) is 0. The fourth-order valence-corrected chi connectivity index (χ4v) is 2.42. The summed E-state index contributed by atoms with van der Waals surface area (Å²) >= 11 is 3.49. The topological polar surface area (TPSA) is 21.3 Å². The molecule has 0 radical (unpaired) electrons.